The van der Waals surface area contributed by atoms with Crippen LogP contribution < -0.4 is 16.0 Å². The van der Waals surface area contributed by atoms with Gasteiger partial charge in [-0.15, -0.1) is 5.10 Å². The van der Waals surface area contributed by atoms with Gasteiger partial charge in [-0.1, -0.05) is 12.1 Å². The number of piperidine rings is 1. The highest BCUT2D eigenvalue weighted by molar-refractivity contribution is 6.24. The predicted octanol–water partition coefficient (Wildman–Crippen LogP) is -0.105. The maximum Gasteiger partial charge on any atom is 0.262 e. The van der Waals surface area contributed by atoms with Crippen LogP contribution in [0.25, 0.3) is 0 Å². The lowest BCUT2D eigenvalue weighted by Gasteiger charge is -2.27. The van der Waals surface area contributed by atoms with E-state index in [1.807, 2.05) is 0 Å². The van der Waals surface area contributed by atoms with E-state index in [-0.39, 0.29) is 30.5 Å². The Kier molecular flexibility index (Phi) is 4.74. The zero-order valence-electron chi connectivity index (χ0n) is 16.6. The maximum atomic E-state index is 13.1. The molecule has 1 aromatic heterocycles. The first-order chi connectivity index (χ1) is 15.0. The van der Waals surface area contributed by atoms with Crippen LogP contribution in [0.1, 0.15) is 57.3 Å². The van der Waals surface area contributed by atoms with Crippen molar-refractivity contribution in [3.8, 4) is 0 Å². The number of hydrogen-bond donors (Lipinski definition) is 4. The fourth-order valence-electron chi connectivity index (χ4n) is 4.33. The molecular weight excluding hydrogens is 402 g/mol. The second-order valence-electron chi connectivity index (χ2n) is 7.87. The van der Waals surface area contributed by atoms with Crippen molar-refractivity contribution in [2.75, 3.05) is 18.4 Å². The van der Waals surface area contributed by atoms with Crippen molar-refractivity contribution in [1.29, 1.82) is 0 Å². The molecule has 3 aliphatic heterocycles. The van der Waals surface area contributed by atoms with Gasteiger partial charge in [-0.3, -0.25) is 34.5 Å². The van der Waals surface area contributed by atoms with Crippen molar-refractivity contribution in [3.63, 3.8) is 0 Å². The molecule has 2 atom stereocenters. The maximum absolute atomic E-state index is 13.1. The Balaban J connectivity index is 1.34. The Labute approximate surface area is 177 Å². The van der Waals surface area contributed by atoms with E-state index in [1.54, 1.807) is 18.2 Å². The van der Waals surface area contributed by atoms with E-state index in [4.69, 9.17) is 0 Å². The molecular formula is C20H21N7O4. The van der Waals surface area contributed by atoms with Crippen molar-refractivity contribution < 1.29 is 19.2 Å². The average Bonchev–Trinajstić information content (AvgIpc) is 3.49. The molecule has 2 saturated heterocycles. The van der Waals surface area contributed by atoms with Gasteiger partial charge in [0.2, 0.25) is 17.8 Å². The summed E-state index contributed by atoms with van der Waals surface area (Å²) in [6, 6.07) is 4.03. The van der Waals surface area contributed by atoms with E-state index in [0.29, 0.717) is 17.4 Å². The van der Waals surface area contributed by atoms with E-state index >= 15 is 0 Å². The minimum Gasteiger partial charge on any atom is -0.349 e. The summed E-state index contributed by atoms with van der Waals surface area (Å²) in [4.78, 5) is 55.1. The fourth-order valence-corrected chi connectivity index (χ4v) is 4.33. The van der Waals surface area contributed by atoms with E-state index < -0.39 is 29.7 Å². The van der Waals surface area contributed by atoms with Gasteiger partial charge in [0.1, 0.15) is 11.9 Å². The largest absolute Gasteiger partial charge is 0.349 e. The second kappa shape index (κ2) is 7.58. The number of amides is 4. The molecule has 0 bridgehead atoms. The molecule has 0 spiro atoms. The Morgan fingerprint density at radius 3 is 2.77 bits per heavy atom. The summed E-state index contributed by atoms with van der Waals surface area (Å²) in [7, 11) is 0. The lowest BCUT2D eigenvalue weighted by Crippen LogP contribution is -2.54. The van der Waals surface area contributed by atoms with Crippen LogP contribution in [-0.2, 0) is 16.1 Å². The number of anilines is 1. The molecule has 11 nitrogen and oxygen atoms in total. The summed E-state index contributed by atoms with van der Waals surface area (Å²) >= 11 is 0. The number of hydrogen-bond acceptors (Lipinski definition) is 8. The molecule has 4 N–H and O–H groups in total. The van der Waals surface area contributed by atoms with Crippen molar-refractivity contribution in [3.05, 3.63) is 40.7 Å². The molecule has 160 valence electrons. The van der Waals surface area contributed by atoms with Gasteiger partial charge in [0, 0.05) is 25.4 Å². The van der Waals surface area contributed by atoms with Crippen molar-refractivity contribution >= 4 is 29.6 Å². The first-order valence-electron chi connectivity index (χ1n) is 10.2. The summed E-state index contributed by atoms with van der Waals surface area (Å²) in [5, 5.41) is 15.7. The molecule has 31 heavy (non-hydrogen) atoms. The van der Waals surface area contributed by atoms with E-state index in [1.165, 1.54) is 0 Å². The van der Waals surface area contributed by atoms with Gasteiger partial charge < -0.3 is 10.6 Å². The number of fused-ring (bicyclic) bond motifs is 1. The second-order valence-corrected chi connectivity index (χ2v) is 7.87. The number of benzene rings is 1. The first kappa shape index (κ1) is 19.4. The van der Waals surface area contributed by atoms with Crippen LogP contribution >= 0.6 is 0 Å². The quantitative estimate of drug-likeness (QED) is 0.487. The molecule has 2 unspecified atom stereocenters. The molecule has 0 aliphatic carbocycles. The molecule has 3 aliphatic rings. The van der Waals surface area contributed by atoms with E-state index in [2.05, 4.69) is 31.1 Å². The number of carbonyl (C=O) groups excluding carboxylic acids is 4. The smallest absolute Gasteiger partial charge is 0.262 e. The number of rotatable bonds is 5. The normalized spacial score (nSPS) is 23.3. The molecule has 4 heterocycles. The third-order valence-corrected chi connectivity index (χ3v) is 5.94. The van der Waals surface area contributed by atoms with Crippen LogP contribution in [0.15, 0.2) is 18.2 Å². The van der Waals surface area contributed by atoms with Gasteiger partial charge in [-0.2, -0.15) is 4.98 Å². The number of H-pyrrole nitrogens is 1. The Hall–Kier alpha value is -3.60. The van der Waals surface area contributed by atoms with Crippen LogP contribution in [0.3, 0.4) is 0 Å². The number of nitrogens with zero attached hydrogens (tertiary/aromatic N) is 3. The number of aromatic amines is 1. The highest BCUT2D eigenvalue weighted by Gasteiger charge is 2.45. The van der Waals surface area contributed by atoms with Gasteiger partial charge >= 0.3 is 0 Å². The van der Waals surface area contributed by atoms with Gasteiger partial charge in [0.05, 0.1) is 11.1 Å². The lowest BCUT2D eigenvalue weighted by atomic mass is 10.0. The molecule has 0 radical (unpaired) electrons. The summed E-state index contributed by atoms with van der Waals surface area (Å²) in [5.74, 6) is -0.559. The molecule has 2 aromatic rings. The summed E-state index contributed by atoms with van der Waals surface area (Å²) < 4.78 is 0. The van der Waals surface area contributed by atoms with Crippen LogP contribution in [0.4, 0.5) is 5.95 Å². The van der Waals surface area contributed by atoms with Gasteiger partial charge in [0.15, 0.2) is 0 Å². The van der Waals surface area contributed by atoms with Gasteiger partial charge in [-0.05, 0) is 31.0 Å². The number of imide groups is 2. The van der Waals surface area contributed by atoms with E-state index in [9.17, 15) is 19.2 Å². The third kappa shape index (κ3) is 3.36. The highest BCUT2D eigenvalue weighted by atomic mass is 16.2. The van der Waals surface area contributed by atoms with E-state index in [0.717, 1.165) is 30.2 Å². The molecule has 0 saturated carbocycles. The van der Waals surface area contributed by atoms with Crippen LogP contribution in [0.5, 0.6) is 0 Å². The predicted molar refractivity (Wildman–Crippen MR) is 107 cm³/mol. The van der Waals surface area contributed by atoms with Crippen molar-refractivity contribution in [2.45, 2.75) is 37.8 Å². The molecule has 1 aromatic carbocycles. The monoisotopic (exact) mass is 423 g/mol. The highest BCUT2D eigenvalue weighted by Crippen LogP contribution is 2.30. The Bertz CT molecular complexity index is 1090. The fraction of sp³-hybridized carbons (Fsp3) is 0.400. The molecule has 4 amide bonds. The van der Waals surface area contributed by atoms with Gasteiger partial charge in [0.25, 0.3) is 11.8 Å². The summed E-state index contributed by atoms with van der Waals surface area (Å²) in [6.07, 6.45) is 1.20. The Morgan fingerprint density at radius 1 is 1.13 bits per heavy atom. The zero-order valence-corrected chi connectivity index (χ0v) is 16.6. The molecule has 11 heteroatoms. The minimum atomic E-state index is -0.985. The minimum absolute atomic E-state index is 0.0852. The summed E-state index contributed by atoms with van der Waals surface area (Å²) in [5.41, 5.74) is 1.13. The molecule has 5 rings (SSSR count). The number of nitrogens with one attached hydrogen (secondary N) is 4. The van der Waals surface area contributed by atoms with Crippen LogP contribution in [-0.4, -0.2) is 62.8 Å². The topological polar surface area (TPSA) is 149 Å². The lowest BCUT2D eigenvalue weighted by molar-refractivity contribution is -0.136. The third-order valence-electron chi connectivity index (χ3n) is 5.94. The van der Waals surface area contributed by atoms with Gasteiger partial charge in [-0.25, -0.2) is 0 Å². The SMILES string of the molecule is O=C1CCC(N2C(=O)c3cccc(CNc4n[nH]c(C5CCNC5)n4)c3C2=O)C(=O)N1. The number of aromatic nitrogens is 3. The van der Waals surface area contributed by atoms with Crippen LogP contribution in [0.2, 0.25) is 0 Å². The number of carbonyl (C=O) groups is 4. The summed E-state index contributed by atoms with van der Waals surface area (Å²) in [6.45, 7) is 2.04. The standard InChI is InChI=1S/C20H21N7O4/c28-14-5-4-13(17(29)23-14)27-18(30)12-3-1-2-10(15(12)19(27)31)9-22-20-24-16(25-26-20)11-6-7-21-8-11/h1-3,11,13,21H,4-9H2,(H,23,28,29)(H2,22,24,25,26). The Morgan fingerprint density at radius 2 is 2.00 bits per heavy atom. The average molecular weight is 423 g/mol. The van der Waals surface area contributed by atoms with Crippen molar-refractivity contribution in [1.82, 2.24) is 30.7 Å². The van der Waals surface area contributed by atoms with Crippen LogP contribution in [0, 0.1) is 0 Å². The zero-order chi connectivity index (χ0) is 21.5. The van der Waals surface area contributed by atoms with Crippen molar-refractivity contribution in [2.24, 2.45) is 0 Å². The first-order valence-corrected chi connectivity index (χ1v) is 10.2. The molecule has 2 fully saturated rings.